The number of rotatable bonds is 0. The van der Waals surface area contributed by atoms with Gasteiger partial charge in [0.15, 0.2) is 0 Å². The fraction of sp³-hybridized carbons (Fsp3) is 0.385. The van der Waals surface area contributed by atoms with Crippen molar-refractivity contribution in [1.29, 1.82) is 0 Å². The third-order valence-electron chi connectivity index (χ3n) is 2.37. The van der Waals surface area contributed by atoms with Crippen LogP contribution in [0.1, 0.15) is 30.8 Å². The van der Waals surface area contributed by atoms with Gasteiger partial charge in [-0.3, -0.25) is 9.67 Å². The third-order valence-corrected chi connectivity index (χ3v) is 2.37. The summed E-state index contributed by atoms with van der Waals surface area (Å²) in [5.74, 6) is 2.60. The maximum absolute atomic E-state index is 5.40. The summed E-state index contributed by atoms with van der Waals surface area (Å²) in [5, 5.41) is 5.31. The van der Waals surface area contributed by atoms with Crippen molar-refractivity contribution in [2.45, 2.75) is 27.7 Å². The third kappa shape index (κ3) is 1.79. The number of hydrogen-bond acceptors (Lipinski definition) is 2. The SMILES string of the molecule is C#Cc1nn(C)c2c(C)ncc(C)c12.CC. The normalized spacial score (nSPS) is 9.50. The lowest BCUT2D eigenvalue weighted by molar-refractivity contribution is 0.787. The van der Waals surface area contributed by atoms with Crippen LogP contribution in [0.4, 0.5) is 0 Å². The first-order valence-electron chi connectivity index (χ1n) is 5.40. The van der Waals surface area contributed by atoms with E-state index in [9.17, 15) is 0 Å². The van der Waals surface area contributed by atoms with Crippen LogP contribution in [0.2, 0.25) is 0 Å². The Bertz CT molecular complexity index is 544. The van der Waals surface area contributed by atoms with E-state index in [1.165, 1.54) is 0 Å². The van der Waals surface area contributed by atoms with E-state index in [-0.39, 0.29) is 0 Å². The molecular weight excluding hydrogens is 198 g/mol. The Kier molecular flexibility index (Phi) is 3.68. The van der Waals surface area contributed by atoms with Gasteiger partial charge in [-0.1, -0.05) is 13.8 Å². The first kappa shape index (κ1) is 12.3. The number of nitrogens with zero attached hydrogens (tertiary/aromatic N) is 3. The Morgan fingerprint density at radius 1 is 1.31 bits per heavy atom. The van der Waals surface area contributed by atoms with Crippen molar-refractivity contribution in [2.24, 2.45) is 7.05 Å². The van der Waals surface area contributed by atoms with Crippen LogP contribution in [0.15, 0.2) is 6.20 Å². The second-order valence-electron chi connectivity index (χ2n) is 3.37. The Hall–Kier alpha value is -1.82. The second-order valence-corrected chi connectivity index (χ2v) is 3.37. The maximum Gasteiger partial charge on any atom is 0.143 e. The first-order valence-corrected chi connectivity index (χ1v) is 5.40. The Labute approximate surface area is 96.5 Å². The lowest BCUT2D eigenvalue weighted by Gasteiger charge is -2.00. The zero-order chi connectivity index (χ0) is 12.3. The minimum absolute atomic E-state index is 0.700. The molecule has 0 saturated carbocycles. The fourth-order valence-electron chi connectivity index (χ4n) is 1.73. The van der Waals surface area contributed by atoms with Crippen LogP contribution < -0.4 is 0 Å². The molecule has 0 aromatic carbocycles. The van der Waals surface area contributed by atoms with Crippen LogP contribution in [0.3, 0.4) is 0 Å². The van der Waals surface area contributed by atoms with Gasteiger partial charge in [-0.2, -0.15) is 5.10 Å². The van der Waals surface area contributed by atoms with E-state index in [0.29, 0.717) is 5.69 Å². The molecule has 0 N–H and O–H groups in total. The Morgan fingerprint density at radius 2 is 1.94 bits per heavy atom. The van der Waals surface area contributed by atoms with Crippen molar-refractivity contribution in [3.8, 4) is 12.3 Å². The molecule has 84 valence electrons. The molecule has 2 heterocycles. The predicted octanol–water partition coefficient (Wildman–Crippen LogP) is 2.59. The summed E-state index contributed by atoms with van der Waals surface area (Å²) in [6.45, 7) is 7.96. The molecule has 0 aliphatic rings. The number of pyridine rings is 1. The van der Waals surface area contributed by atoms with E-state index in [1.54, 1.807) is 4.68 Å². The van der Waals surface area contributed by atoms with Gasteiger partial charge in [0.25, 0.3) is 0 Å². The van der Waals surface area contributed by atoms with Crippen LogP contribution in [-0.2, 0) is 7.05 Å². The largest absolute Gasteiger partial charge is 0.265 e. The highest BCUT2D eigenvalue weighted by atomic mass is 15.3. The van der Waals surface area contributed by atoms with Gasteiger partial charge in [0, 0.05) is 18.6 Å². The average Bonchev–Trinajstić information content (AvgIpc) is 2.65. The summed E-state index contributed by atoms with van der Waals surface area (Å²) in [6, 6.07) is 0. The van der Waals surface area contributed by atoms with Gasteiger partial charge in [-0.15, -0.1) is 6.42 Å². The maximum atomic E-state index is 5.40. The molecule has 3 nitrogen and oxygen atoms in total. The van der Waals surface area contributed by atoms with Gasteiger partial charge >= 0.3 is 0 Å². The van der Waals surface area contributed by atoms with Gasteiger partial charge in [0.2, 0.25) is 0 Å². The van der Waals surface area contributed by atoms with E-state index in [1.807, 2.05) is 40.9 Å². The number of terminal acetylenes is 1. The molecule has 0 unspecified atom stereocenters. The highest BCUT2D eigenvalue weighted by Gasteiger charge is 2.11. The molecule has 0 spiro atoms. The zero-order valence-electron chi connectivity index (χ0n) is 10.5. The van der Waals surface area contributed by atoms with Crippen molar-refractivity contribution in [3.63, 3.8) is 0 Å². The average molecular weight is 215 g/mol. The minimum atomic E-state index is 0.700. The number of aromatic nitrogens is 3. The van der Waals surface area contributed by atoms with Crippen molar-refractivity contribution < 1.29 is 0 Å². The molecule has 16 heavy (non-hydrogen) atoms. The van der Waals surface area contributed by atoms with Crippen LogP contribution >= 0.6 is 0 Å². The lowest BCUT2D eigenvalue weighted by atomic mass is 10.1. The molecule has 0 radical (unpaired) electrons. The van der Waals surface area contributed by atoms with E-state index in [4.69, 9.17) is 6.42 Å². The Balaban J connectivity index is 0.000000606. The molecule has 0 fully saturated rings. The van der Waals surface area contributed by atoms with Crippen LogP contribution in [0.5, 0.6) is 0 Å². The second kappa shape index (κ2) is 4.80. The van der Waals surface area contributed by atoms with Crippen LogP contribution in [-0.4, -0.2) is 14.8 Å². The highest BCUT2D eigenvalue weighted by molar-refractivity contribution is 5.88. The molecule has 0 amide bonds. The van der Waals surface area contributed by atoms with Crippen LogP contribution in [0, 0.1) is 26.2 Å². The summed E-state index contributed by atoms with van der Waals surface area (Å²) in [7, 11) is 1.89. The van der Waals surface area contributed by atoms with Crippen molar-refractivity contribution in [2.75, 3.05) is 0 Å². The highest BCUT2D eigenvalue weighted by Crippen LogP contribution is 2.22. The first-order chi connectivity index (χ1) is 7.65. The molecular formula is C13H17N3. The summed E-state index contributed by atoms with van der Waals surface area (Å²) in [4.78, 5) is 4.29. The monoisotopic (exact) mass is 215 g/mol. The van der Waals surface area contributed by atoms with E-state index < -0.39 is 0 Å². The fourth-order valence-corrected chi connectivity index (χ4v) is 1.73. The molecule has 0 saturated heterocycles. The van der Waals surface area contributed by atoms with Crippen molar-refractivity contribution in [3.05, 3.63) is 23.1 Å². The summed E-state index contributed by atoms with van der Waals surface area (Å²) in [5.41, 5.74) is 3.76. The Morgan fingerprint density at radius 3 is 2.50 bits per heavy atom. The van der Waals surface area contributed by atoms with Gasteiger partial charge in [0.1, 0.15) is 5.69 Å². The number of fused-ring (bicyclic) bond motifs is 1. The summed E-state index contributed by atoms with van der Waals surface area (Å²) >= 11 is 0. The topological polar surface area (TPSA) is 30.7 Å². The van der Waals surface area contributed by atoms with E-state index in [2.05, 4.69) is 16.0 Å². The quantitative estimate of drug-likeness (QED) is 0.632. The molecule has 2 aromatic heterocycles. The lowest BCUT2D eigenvalue weighted by Crippen LogP contribution is -1.93. The van der Waals surface area contributed by atoms with Gasteiger partial charge in [0.05, 0.1) is 11.2 Å². The van der Waals surface area contributed by atoms with Crippen LogP contribution in [0.25, 0.3) is 10.9 Å². The molecule has 0 atom stereocenters. The van der Waals surface area contributed by atoms with Gasteiger partial charge in [-0.25, -0.2) is 0 Å². The molecule has 0 aliphatic heterocycles. The summed E-state index contributed by atoms with van der Waals surface area (Å²) < 4.78 is 1.79. The van der Waals surface area contributed by atoms with Crippen molar-refractivity contribution in [1.82, 2.24) is 14.8 Å². The molecule has 2 rings (SSSR count). The van der Waals surface area contributed by atoms with E-state index >= 15 is 0 Å². The smallest absolute Gasteiger partial charge is 0.143 e. The predicted molar refractivity (Wildman–Crippen MR) is 67.3 cm³/mol. The van der Waals surface area contributed by atoms with Crippen molar-refractivity contribution >= 4 is 10.9 Å². The minimum Gasteiger partial charge on any atom is -0.265 e. The standard InChI is InChI=1S/C11H11N3.C2H6/c1-5-9-10-7(2)6-12-8(3)11(10)14(4)13-9;1-2/h1,6H,2-4H3;1-2H3. The number of aryl methyl sites for hydroxylation is 3. The van der Waals surface area contributed by atoms with Gasteiger partial charge in [-0.05, 0) is 25.3 Å². The summed E-state index contributed by atoms with van der Waals surface area (Å²) in [6.07, 6.45) is 7.24. The molecule has 0 aliphatic carbocycles. The molecule has 0 bridgehead atoms. The molecule has 2 aromatic rings. The molecule has 3 heteroatoms. The number of hydrogen-bond donors (Lipinski definition) is 0. The van der Waals surface area contributed by atoms with Gasteiger partial charge < -0.3 is 0 Å². The zero-order valence-corrected chi connectivity index (χ0v) is 10.5. The van der Waals surface area contributed by atoms with E-state index in [0.717, 1.165) is 22.2 Å².